The molecule has 1 heterocycles. The zero-order valence-electron chi connectivity index (χ0n) is 17.2. The van der Waals surface area contributed by atoms with Gasteiger partial charge >= 0.3 is 0 Å². The van der Waals surface area contributed by atoms with Gasteiger partial charge in [0, 0.05) is 43.7 Å². The van der Waals surface area contributed by atoms with Crippen LogP contribution in [0.1, 0.15) is 36.3 Å². The molecule has 2 aliphatic rings. The Bertz CT molecular complexity index is 898. The maximum Gasteiger partial charge on any atom is 0.225 e. The van der Waals surface area contributed by atoms with Crippen LogP contribution in [0.3, 0.4) is 0 Å². The molecule has 1 fully saturated rings. The number of para-hydroxylation sites is 2. The van der Waals surface area contributed by atoms with Crippen LogP contribution in [0.15, 0.2) is 53.5 Å². The largest absolute Gasteiger partial charge is 0.493 e. The van der Waals surface area contributed by atoms with Crippen molar-refractivity contribution in [2.75, 3.05) is 25.5 Å². The monoisotopic (exact) mass is 520 g/mol. The average molecular weight is 520 g/mol. The number of guanidine groups is 1. The fourth-order valence-electron chi connectivity index (χ4n) is 3.59. The van der Waals surface area contributed by atoms with Gasteiger partial charge in [-0.25, -0.2) is 0 Å². The van der Waals surface area contributed by atoms with Crippen LogP contribution in [0.2, 0.25) is 0 Å². The predicted octanol–water partition coefficient (Wildman–Crippen LogP) is 3.88. The second-order valence-corrected chi connectivity index (χ2v) is 7.71. The van der Waals surface area contributed by atoms with E-state index in [1.165, 1.54) is 12.8 Å². The molecule has 1 aliphatic carbocycles. The van der Waals surface area contributed by atoms with Gasteiger partial charge in [0.05, 0.1) is 6.61 Å². The number of amides is 1. The summed E-state index contributed by atoms with van der Waals surface area (Å²) in [5.74, 6) is 2.54. The van der Waals surface area contributed by atoms with Crippen molar-refractivity contribution in [2.45, 2.75) is 31.7 Å². The predicted molar refractivity (Wildman–Crippen MR) is 131 cm³/mol. The first-order chi connectivity index (χ1) is 14.2. The van der Waals surface area contributed by atoms with Gasteiger partial charge in [-0.2, -0.15) is 0 Å². The van der Waals surface area contributed by atoms with Gasteiger partial charge in [0.15, 0.2) is 5.96 Å². The summed E-state index contributed by atoms with van der Waals surface area (Å²) in [5, 5.41) is 9.67. The van der Waals surface area contributed by atoms with Crippen LogP contribution in [0.4, 0.5) is 5.69 Å². The number of aliphatic imine (C=N–C) groups is 1. The fraction of sp³-hybridized carbons (Fsp3) is 0.391. The van der Waals surface area contributed by atoms with Gasteiger partial charge in [-0.1, -0.05) is 36.4 Å². The van der Waals surface area contributed by atoms with E-state index in [4.69, 9.17) is 4.74 Å². The lowest BCUT2D eigenvalue weighted by molar-refractivity contribution is -0.116. The Morgan fingerprint density at radius 3 is 2.70 bits per heavy atom. The minimum atomic E-state index is 0. The highest BCUT2D eigenvalue weighted by molar-refractivity contribution is 14.0. The van der Waals surface area contributed by atoms with E-state index < -0.39 is 0 Å². The molecule has 0 radical (unpaired) electrons. The van der Waals surface area contributed by atoms with E-state index >= 15 is 0 Å². The third-order valence-electron chi connectivity index (χ3n) is 5.44. The number of hydrogen-bond donors (Lipinski definition) is 3. The van der Waals surface area contributed by atoms with Crippen molar-refractivity contribution in [3.8, 4) is 5.75 Å². The van der Waals surface area contributed by atoms with E-state index in [1.807, 2.05) is 36.4 Å². The number of fused-ring (bicyclic) bond motifs is 1. The van der Waals surface area contributed by atoms with Crippen molar-refractivity contribution in [3.05, 3.63) is 59.7 Å². The number of carbonyl (C=O) groups is 1. The minimum Gasteiger partial charge on any atom is -0.493 e. The normalized spacial score (nSPS) is 18.0. The molecule has 1 unspecified atom stereocenters. The fourth-order valence-corrected chi connectivity index (χ4v) is 3.59. The molecule has 0 saturated heterocycles. The minimum absolute atomic E-state index is 0. The molecule has 7 heteroatoms. The first kappa shape index (κ1) is 22.4. The van der Waals surface area contributed by atoms with Crippen molar-refractivity contribution >= 4 is 41.5 Å². The summed E-state index contributed by atoms with van der Waals surface area (Å²) < 4.78 is 5.99. The van der Waals surface area contributed by atoms with Gasteiger partial charge in [0.2, 0.25) is 5.91 Å². The maximum absolute atomic E-state index is 12.0. The Kier molecular flexibility index (Phi) is 7.95. The van der Waals surface area contributed by atoms with Gasteiger partial charge in [-0.05, 0) is 36.5 Å². The molecule has 3 N–H and O–H groups in total. The maximum atomic E-state index is 12.0. The number of benzene rings is 2. The Balaban J connectivity index is 0.00000256. The molecule has 30 heavy (non-hydrogen) atoms. The lowest BCUT2D eigenvalue weighted by Crippen LogP contribution is -2.40. The molecule has 1 amide bonds. The highest BCUT2D eigenvalue weighted by Gasteiger charge is 2.25. The summed E-state index contributed by atoms with van der Waals surface area (Å²) >= 11 is 0. The summed E-state index contributed by atoms with van der Waals surface area (Å²) in [6.07, 6.45) is 3.03. The molecule has 2 aromatic carbocycles. The summed E-state index contributed by atoms with van der Waals surface area (Å²) in [7, 11) is 1.76. The van der Waals surface area contributed by atoms with Gasteiger partial charge in [-0.3, -0.25) is 9.79 Å². The van der Waals surface area contributed by atoms with E-state index in [1.54, 1.807) is 7.05 Å². The van der Waals surface area contributed by atoms with Crippen LogP contribution in [0.25, 0.3) is 0 Å². The van der Waals surface area contributed by atoms with E-state index in [-0.39, 0.29) is 35.8 Å². The van der Waals surface area contributed by atoms with Crippen LogP contribution in [-0.2, 0) is 11.3 Å². The molecule has 0 spiro atoms. The van der Waals surface area contributed by atoms with Crippen LogP contribution in [0.5, 0.6) is 5.75 Å². The molecule has 6 nitrogen and oxygen atoms in total. The van der Waals surface area contributed by atoms with Crippen molar-refractivity contribution in [1.29, 1.82) is 0 Å². The van der Waals surface area contributed by atoms with Gasteiger partial charge < -0.3 is 20.7 Å². The molecule has 160 valence electrons. The molecule has 1 atom stereocenters. The molecule has 0 bridgehead atoms. The van der Waals surface area contributed by atoms with E-state index in [9.17, 15) is 4.79 Å². The highest BCUT2D eigenvalue weighted by Crippen LogP contribution is 2.31. The van der Waals surface area contributed by atoms with Crippen LogP contribution in [-0.4, -0.2) is 32.1 Å². The summed E-state index contributed by atoms with van der Waals surface area (Å²) in [6.45, 7) is 2.07. The Morgan fingerprint density at radius 1 is 1.13 bits per heavy atom. The van der Waals surface area contributed by atoms with Gasteiger partial charge in [0.1, 0.15) is 5.75 Å². The van der Waals surface area contributed by atoms with Crippen molar-refractivity contribution in [1.82, 2.24) is 10.6 Å². The number of halogens is 1. The first-order valence-corrected chi connectivity index (χ1v) is 10.3. The number of ether oxygens (including phenoxy) is 1. The molecule has 2 aromatic rings. The number of nitrogens with one attached hydrogen (secondary N) is 3. The molecular weight excluding hydrogens is 491 g/mol. The van der Waals surface area contributed by atoms with Gasteiger partial charge in [0.25, 0.3) is 0 Å². The second kappa shape index (κ2) is 10.7. The third-order valence-corrected chi connectivity index (χ3v) is 5.44. The van der Waals surface area contributed by atoms with E-state index in [0.717, 1.165) is 35.1 Å². The molecular formula is C23H29IN4O2. The van der Waals surface area contributed by atoms with E-state index in [2.05, 4.69) is 33.1 Å². The number of nitrogens with zero attached hydrogens (tertiary/aromatic N) is 1. The molecule has 1 saturated carbocycles. The zero-order chi connectivity index (χ0) is 20.1. The zero-order valence-corrected chi connectivity index (χ0v) is 19.5. The van der Waals surface area contributed by atoms with Crippen LogP contribution < -0.4 is 20.7 Å². The van der Waals surface area contributed by atoms with E-state index in [0.29, 0.717) is 25.5 Å². The van der Waals surface area contributed by atoms with Crippen molar-refractivity contribution < 1.29 is 9.53 Å². The third kappa shape index (κ3) is 5.87. The second-order valence-electron chi connectivity index (χ2n) is 7.71. The lowest BCUT2D eigenvalue weighted by Gasteiger charge is -2.26. The number of hydrogen-bond acceptors (Lipinski definition) is 3. The number of anilines is 1. The molecule has 0 aromatic heterocycles. The van der Waals surface area contributed by atoms with Gasteiger partial charge in [-0.15, -0.1) is 24.0 Å². The first-order valence-electron chi connectivity index (χ1n) is 10.3. The topological polar surface area (TPSA) is 74.8 Å². The SMILES string of the molecule is CN=C(NCc1ccccc1OCC1CC1)NCC1CC(=O)Nc2ccccc21.I. The standard InChI is InChI=1S/C23H28N4O2.HI/c1-24-23(25-13-17-6-2-5-9-21(17)29-15-16-10-11-16)26-14-18-12-22(28)27-20-8-4-3-7-19(18)20;/h2-9,16,18H,10-15H2,1H3,(H,27,28)(H2,24,25,26);1H. The number of carbonyl (C=O) groups excluding carboxylic acids is 1. The Hall–Kier alpha value is -2.29. The highest BCUT2D eigenvalue weighted by atomic mass is 127. The van der Waals surface area contributed by atoms with Crippen molar-refractivity contribution in [2.24, 2.45) is 10.9 Å². The molecule has 1 aliphatic heterocycles. The smallest absolute Gasteiger partial charge is 0.225 e. The quantitative estimate of drug-likeness (QED) is 0.294. The number of rotatable bonds is 7. The van der Waals surface area contributed by atoms with Crippen LogP contribution in [0, 0.1) is 5.92 Å². The van der Waals surface area contributed by atoms with Crippen LogP contribution >= 0.6 is 24.0 Å². The molecule has 4 rings (SSSR count). The Labute approximate surface area is 194 Å². The average Bonchev–Trinajstić information content (AvgIpc) is 3.57. The summed E-state index contributed by atoms with van der Waals surface area (Å²) in [6, 6.07) is 16.1. The van der Waals surface area contributed by atoms with Crippen molar-refractivity contribution in [3.63, 3.8) is 0 Å². The lowest BCUT2D eigenvalue weighted by atomic mass is 9.90. The Morgan fingerprint density at radius 2 is 1.90 bits per heavy atom. The summed E-state index contributed by atoms with van der Waals surface area (Å²) in [5.41, 5.74) is 3.17. The summed E-state index contributed by atoms with van der Waals surface area (Å²) in [4.78, 5) is 16.3.